The van der Waals surface area contributed by atoms with Crippen molar-refractivity contribution in [1.29, 1.82) is 0 Å². The van der Waals surface area contributed by atoms with Gasteiger partial charge in [0.2, 0.25) is 5.91 Å². The molecule has 0 radical (unpaired) electrons. The summed E-state index contributed by atoms with van der Waals surface area (Å²) in [5, 5.41) is 2.65. The fourth-order valence-electron chi connectivity index (χ4n) is 2.32. The Balaban J connectivity index is 2.09. The van der Waals surface area contributed by atoms with Crippen molar-refractivity contribution < 1.29 is 14.3 Å². The first-order valence-electron chi connectivity index (χ1n) is 7.77. The minimum atomic E-state index is -0.886. The van der Waals surface area contributed by atoms with Crippen molar-refractivity contribution >= 4 is 11.8 Å². The maximum atomic E-state index is 12.4. The first-order valence-corrected chi connectivity index (χ1v) is 7.77. The highest BCUT2D eigenvalue weighted by Gasteiger charge is 2.24. The molecule has 0 spiro atoms. The maximum absolute atomic E-state index is 12.4. The minimum absolute atomic E-state index is 0.399. The first-order chi connectivity index (χ1) is 11.4. The number of hydrogen-bond acceptors (Lipinski definition) is 3. The lowest BCUT2D eigenvalue weighted by Gasteiger charge is -2.20. The van der Waals surface area contributed by atoms with E-state index in [0.717, 1.165) is 11.1 Å². The summed E-state index contributed by atoms with van der Waals surface area (Å²) in [4.78, 5) is 24.1. The van der Waals surface area contributed by atoms with E-state index in [2.05, 4.69) is 5.32 Å². The molecular weight excluding hydrogens is 304 g/mol. The van der Waals surface area contributed by atoms with E-state index < -0.39 is 24.0 Å². The van der Waals surface area contributed by atoms with Crippen LogP contribution in [0.2, 0.25) is 0 Å². The zero-order valence-corrected chi connectivity index (χ0v) is 14.1. The van der Waals surface area contributed by atoms with Crippen LogP contribution in [0.5, 0.6) is 5.75 Å². The number of ether oxygens (including phenoxy) is 1. The fourth-order valence-corrected chi connectivity index (χ4v) is 2.32. The Morgan fingerprint density at radius 3 is 2.33 bits per heavy atom. The molecule has 2 amide bonds. The Bertz CT molecular complexity index is 729. The third-order valence-electron chi connectivity index (χ3n) is 3.93. The van der Waals surface area contributed by atoms with Crippen LogP contribution in [-0.4, -0.2) is 17.9 Å². The molecule has 24 heavy (non-hydrogen) atoms. The van der Waals surface area contributed by atoms with Crippen molar-refractivity contribution in [3.63, 3.8) is 0 Å². The van der Waals surface area contributed by atoms with Crippen molar-refractivity contribution in [3.05, 3.63) is 65.2 Å². The number of nitrogens with one attached hydrogen (secondary N) is 1. The normalized spacial score (nSPS) is 13.0. The molecule has 0 saturated carbocycles. The van der Waals surface area contributed by atoms with Gasteiger partial charge in [-0.3, -0.25) is 9.59 Å². The van der Waals surface area contributed by atoms with Gasteiger partial charge in [0, 0.05) is 0 Å². The number of benzene rings is 2. The van der Waals surface area contributed by atoms with Gasteiger partial charge in [0.1, 0.15) is 11.8 Å². The molecule has 0 saturated heterocycles. The van der Waals surface area contributed by atoms with Gasteiger partial charge in [0.15, 0.2) is 6.10 Å². The van der Waals surface area contributed by atoms with Crippen molar-refractivity contribution in [2.75, 3.05) is 0 Å². The van der Waals surface area contributed by atoms with Crippen LogP contribution in [0.15, 0.2) is 48.5 Å². The molecule has 5 nitrogen and oxygen atoms in total. The van der Waals surface area contributed by atoms with Crippen LogP contribution in [0.25, 0.3) is 0 Å². The van der Waals surface area contributed by atoms with Crippen LogP contribution < -0.4 is 15.8 Å². The molecule has 0 aliphatic rings. The van der Waals surface area contributed by atoms with Gasteiger partial charge in [-0.1, -0.05) is 42.5 Å². The highest BCUT2D eigenvalue weighted by Crippen LogP contribution is 2.22. The molecule has 0 aliphatic carbocycles. The lowest BCUT2D eigenvalue weighted by molar-refractivity contribution is -0.131. The third kappa shape index (κ3) is 4.13. The quantitative estimate of drug-likeness (QED) is 0.855. The van der Waals surface area contributed by atoms with Crippen LogP contribution in [0.4, 0.5) is 0 Å². The SMILES string of the molecule is Cc1cccc(O[C@@H](C)C(=O)N[C@@H](C(N)=O)c2ccccc2)c1C. The van der Waals surface area contributed by atoms with Crippen molar-refractivity contribution in [1.82, 2.24) is 5.32 Å². The summed E-state index contributed by atoms with van der Waals surface area (Å²) in [6.45, 7) is 5.55. The summed E-state index contributed by atoms with van der Waals surface area (Å²) in [5.41, 5.74) is 8.12. The van der Waals surface area contributed by atoms with E-state index >= 15 is 0 Å². The Labute approximate surface area is 141 Å². The second kappa shape index (κ2) is 7.64. The molecule has 0 unspecified atom stereocenters. The molecule has 0 heterocycles. The monoisotopic (exact) mass is 326 g/mol. The van der Waals surface area contributed by atoms with Gasteiger partial charge in [-0.2, -0.15) is 0 Å². The number of amides is 2. The summed E-state index contributed by atoms with van der Waals surface area (Å²) in [6, 6.07) is 13.7. The molecule has 2 aromatic carbocycles. The van der Waals surface area contributed by atoms with Crippen LogP contribution in [0.3, 0.4) is 0 Å². The fraction of sp³-hybridized carbons (Fsp3) is 0.263. The Hall–Kier alpha value is -2.82. The lowest BCUT2D eigenvalue weighted by Crippen LogP contribution is -2.43. The molecule has 5 heteroatoms. The van der Waals surface area contributed by atoms with Crippen LogP contribution in [-0.2, 0) is 9.59 Å². The van der Waals surface area contributed by atoms with Gasteiger partial charge in [0.25, 0.3) is 5.91 Å². The number of hydrogen-bond donors (Lipinski definition) is 2. The summed E-state index contributed by atoms with van der Waals surface area (Å²) in [6.07, 6.45) is -0.754. The second-order valence-electron chi connectivity index (χ2n) is 5.71. The third-order valence-corrected chi connectivity index (χ3v) is 3.93. The molecule has 0 fully saturated rings. The number of carbonyl (C=O) groups excluding carboxylic acids is 2. The zero-order valence-electron chi connectivity index (χ0n) is 14.1. The van der Waals surface area contributed by atoms with Gasteiger partial charge in [-0.05, 0) is 43.5 Å². The number of nitrogens with two attached hydrogens (primary N) is 1. The Kier molecular flexibility index (Phi) is 5.58. The molecule has 0 aliphatic heterocycles. The molecular formula is C19H22N2O3. The van der Waals surface area contributed by atoms with E-state index in [1.54, 1.807) is 31.2 Å². The molecule has 2 atom stereocenters. The van der Waals surface area contributed by atoms with E-state index in [1.165, 1.54) is 0 Å². The van der Waals surface area contributed by atoms with E-state index in [-0.39, 0.29) is 0 Å². The summed E-state index contributed by atoms with van der Waals surface area (Å²) >= 11 is 0. The van der Waals surface area contributed by atoms with Crippen molar-refractivity contribution in [3.8, 4) is 5.75 Å². The Morgan fingerprint density at radius 2 is 1.71 bits per heavy atom. The van der Waals surface area contributed by atoms with Crippen molar-refractivity contribution in [2.45, 2.75) is 32.9 Å². The standard InChI is InChI=1S/C19H22N2O3/c1-12-8-7-11-16(13(12)2)24-14(3)19(23)21-17(18(20)22)15-9-5-4-6-10-15/h4-11,14,17H,1-3H3,(H2,20,22)(H,21,23)/t14-,17+/m0/s1. The van der Waals surface area contributed by atoms with Gasteiger partial charge in [0.05, 0.1) is 0 Å². The molecule has 3 N–H and O–H groups in total. The number of primary amides is 1. The summed E-state index contributed by atoms with van der Waals surface area (Å²) in [7, 11) is 0. The van der Waals surface area contributed by atoms with Gasteiger partial charge in [-0.15, -0.1) is 0 Å². The average Bonchev–Trinajstić information content (AvgIpc) is 2.57. The van der Waals surface area contributed by atoms with E-state index in [0.29, 0.717) is 11.3 Å². The van der Waals surface area contributed by atoms with Crippen LogP contribution in [0.1, 0.15) is 29.7 Å². The number of carbonyl (C=O) groups is 2. The van der Waals surface area contributed by atoms with Crippen LogP contribution >= 0.6 is 0 Å². The maximum Gasteiger partial charge on any atom is 0.261 e. The average molecular weight is 326 g/mol. The highest BCUT2D eigenvalue weighted by atomic mass is 16.5. The van der Waals surface area contributed by atoms with Crippen LogP contribution in [0, 0.1) is 13.8 Å². The number of aryl methyl sites for hydroxylation is 1. The summed E-state index contributed by atoms with van der Waals surface area (Å²) in [5.74, 6) is -0.370. The molecule has 0 aromatic heterocycles. The van der Waals surface area contributed by atoms with Crippen molar-refractivity contribution in [2.24, 2.45) is 5.73 Å². The Morgan fingerprint density at radius 1 is 1.04 bits per heavy atom. The first kappa shape index (κ1) is 17.5. The van der Waals surface area contributed by atoms with Gasteiger partial charge in [-0.25, -0.2) is 0 Å². The predicted octanol–water partition coefficient (Wildman–Crippen LogP) is 2.41. The second-order valence-corrected chi connectivity index (χ2v) is 5.71. The molecule has 2 aromatic rings. The molecule has 0 bridgehead atoms. The summed E-state index contributed by atoms with van der Waals surface area (Å²) < 4.78 is 5.74. The number of rotatable bonds is 6. The minimum Gasteiger partial charge on any atom is -0.481 e. The molecule has 2 rings (SSSR count). The topological polar surface area (TPSA) is 81.4 Å². The molecule has 126 valence electrons. The van der Waals surface area contributed by atoms with E-state index in [4.69, 9.17) is 10.5 Å². The zero-order chi connectivity index (χ0) is 17.7. The largest absolute Gasteiger partial charge is 0.481 e. The van der Waals surface area contributed by atoms with Gasteiger partial charge >= 0.3 is 0 Å². The smallest absolute Gasteiger partial charge is 0.261 e. The van der Waals surface area contributed by atoms with E-state index in [9.17, 15) is 9.59 Å². The predicted molar refractivity (Wildman–Crippen MR) is 92.5 cm³/mol. The van der Waals surface area contributed by atoms with Gasteiger partial charge < -0.3 is 15.8 Å². The lowest BCUT2D eigenvalue weighted by atomic mass is 10.1. The van der Waals surface area contributed by atoms with E-state index in [1.807, 2.05) is 38.1 Å². The highest BCUT2D eigenvalue weighted by molar-refractivity contribution is 5.89.